The minimum atomic E-state index is -0.588. The Hall–Kier alpha value is -2.64. The summed E-state index contributed by atoms with van der Waals surface area (Å²) in [6.45, 7) is 0.331. The summed E-state index contributed by atoms with van der Waals surface area (Å²) >= 11 is 6.63. The molecule has 0 N–H and O–H groups in total. The normalized spacial score (nSPS) is 15.6. The van der Waals surface area contributed by atoms with Crippen LogP contribution in [0.25, 0.3) is 6.08 Å². The van der Waals surface area contributed by atoms with E-state index in [1.165, 1.54) is 23.1 Å². The Morgan fingerprint density at radius 1 is 1.15 bits per heavy atom. The summed E-state index contributed by atoms with van der Waals surface area (Å²) in [7, 11) is 0. The summed E-state index contributed by atoms with van der Waals surface area (Å²) in [4.78, 5) is 36.5. The van der Waals surface area contributed by atoms with Crippen molar-refractivity contribution in [2.24, 2.45) is 0 Å². The number of imide groups is 1. The van der Waals surface area contributed by atoms with Gasteiger partial charge in [-0.3, -0.25) is 24.6 Å². The van der Waals surface area contributed by atoms with E-state index < -0.39 is 4.92 Å². The van der Waals surface area contributed by atoms with Crippen molar-refractivity contribution in [1.82, 2.24) is 4.90 Å². The van der Waals surface area contributed by atoms with Crippen molar-refractivity contribution < 1.29 is 14.5 Å². The molecule has 2 aromatic rings. The van der Waals surface area contributed by atoms with Crippen molar-refractivity contribution in [2.45, 2.75) is 12.8 Å². The van der Waals surface area contributed by atoms with Crippen molar-refractivity contribution >= 4 is 46.3 Å². The SMILES string of the molecule is O=C1S/C(=C/c2ccc(Cl)c([N+](=O)[O-])c2)C(=O)N1CCCc1ccccc1. The number of benzene rings is 2. The number of carbonyl (C=O) groups is 2. The number of hydrogen-bond donors (Lipinski definition) is 0. The van der Waals surface area contributed by atoms with Gasteiger partial charge in [0.05, 0.1) is 9.83 Å². The highest BCUT2D eigenvalue weighted by atomic mass is 35.5. The van der Waals surface area contributed by atoms with Crippen LogP contribution in [0.4, 0.5) is 10.5 Å². The lowest BCUT2D eigenvalue weighted by atomic mass is 10.1. The highest BCUT2D eigenvalue weighted by Crippen LogP contribution is 2.33. The first kappa shape index (κ1) is 19.1. The molecule has 3 rings (SSSR count). The summed E-state index contributed by atoms with van der Waals surface area (Å²) in [5.74, 6) is -0.379. The number of nitro benzene ring substituents is 1. The molecule has 1 aliphatic heterocycles. The van der Waals surface area contributed by atoms with Gasteiger partial charge in [-0.15, -0.1) is 0 Å². The molecule has 0 radical (unpaired) electrons. The second-order valence-corrected chi connectivity index (χ2v) is 7.29. The zero-order valence-electron chi connectivity index (χ0n) is 14.1. The van der Waals surface area contributed by atoms with Crippen LogP contribution in [-0.2, 0) is 11.2 Å². The summed E-state index contributed by atoms with van der Waals surface area (Å²) in [6, 6.07) is 14.1. The molecule has 1 fully saturated rings. The van der Waals surface area contributed by atoms with Crippen LogP contribution >= 0.6 is 23.4 Å². The van der Waals surface area contributed by atoms with Crippen molar-refractivity contribution in [3.8, 4) is 0 Å². The van der Waals surface area contributed by atoms with E-state index >= 15 is 0 Å². The third-order valence-corrected chi connectivity index (χ3v) is 5.26. The van der Waals surface area contributed by atoms with E-state index in [2.05, 4.69) is 0 Å². The molecule has 0 unspecified atom stereocenters. The highest BCUT2D eigenvalue weighted by molar-refractivity contribution is 8.18. The lowest BCUT2D eigenvalue weighted by Crippen LogP contribution is -2.29. The van der Waals surface area contributed by atoms with Gasteiger partial charge in [0.2, 0.25) is 0 Å². The van der Waals surface area contributed by atoms with Crippen LogP contribution in [0.3, 0.4) is 0 Å². The highest BCUT2D eigenvalue weighted by Gasteiger charge is 2.34. The molecule has 0 saturated carbocycles. The summed E-state index contributed by atoms with van der Waals surface area (Å²) in [5, 5.41) is 10.7. The number of thioether (sulfide) groups is 1. The minimum absolute atomic E-state index is 0.0196. The number of carbonyl (C=O) groups excluding carboxylic acids is 2. The number of hydrogen-bond acceptors (Lipinski definition) is 5. The average molecular weight is 403 g/mol. The largest absolute Gasteiger partial charge is 0.293 e. The van der Waals surface area contributed by atoms with Crippen LogP contribution in [0.1, 0.15) is 17.5 Å². The topological polar surface area (TPSA) is 80.5 Å². The second kappa shape index (κ2) is 8.37. The van der Waals surface area contributed by atoms with Crippen LogP contribution in [0.15, 0.2) is 53.4 Å². The molecular weight excluding hydrogens is 388 g/mol. The van der Waals surface area contributed by atoms with Crippen molar-refractivity contribution in [2.75, 3.05) is 6.54 Å². The third kappa shape index (κ3) is 4.56. The van der Waals surface area contributed by atoms with Gasteiger partial charge in [-0.2, -0.15) is 0 Å². The Balaban J connectivity index is 1.69. The molecule has 2 aromatic carbocycles. The van der Waals surface area contributed by atoms with Gasteiger partial charge in [0, 0.05) is 12.6 Å². The molecule has 2 amide bonds. The fraction of sp³-hybridized carbons (Fsp3) is 0.158. The van der Waals surface area contributed by atoms with Crippen molar-refractivity contribution in [3.63, 3.8) is 0 Å². The van der Waals surface area contributed by atoms with E-state index in [1.807, 2.05) is 30.3 Å². The zero-order valence-corrected chi connectivity index (χ0v) is 15.7. The monoisotopic (exact) mass is 402 g/mol. The molecule has 0 aromatic heterocycles. The van der Waals surface area contributed by atoms with E-state index in [0.29, 0.717) is 18.5 Å². The molecule has 1 heterocycles. The first-order valence-electron chi connectivity index (χ1n) is 8.19. The van der Waals surface area contributed by atoms with Crippen molar-refractivity contribution in [1.29, 1.82) is 0 Å². The number of rotatable bonds is 6. The maximum atomic E-state index is 12.5. The number of halogens is 1. The van der Waals surface area contributed by atoms with Crippen LogP contribution in [0.2, 0.25) is 5.02 Å². The van der Waals surface area contributed by atoms with Gasteiger partial charge in [0.15, 0.2) is 0 Å². The molecule has 27 heavy (non-hydrogen) atoms. The fourth-order valence-corrected chi connectivity index (χ4v) is 3.74. The molecule has 0 atom stereocenters. The Morgan fingerprint density at radius 2 is 1.89 bits per heavy atom. The molecule has 8 heteroatoms. The molecule has 0 bridgehead atoms. The molecule has 1 saturated heterocycles. The quantitative estimate of drug-likeness (QED) is 0.389. The van der Waals surface area contributed by atoms with Gasteiger partial charge < -0.3 is 0 Å². The van der Waals surface area contributed by atoms with E-state index in [1.54, 1.807) is 6.07 Å². The van der Waals surface area contributed by atoms with Gasteiger partial charge in [0.1, 0.15) is 5.02 Å². The average Bonchev–Trinajstić information content (AvgIpc) is 2.91. The van der Waals surface area contributed by atoms with Crippen LogP contribution in [0, 0.1) is 10.1 Å². The predicted molar refractivity (Wildman–Crippen MR) is 106 cm³/mol. The summed E-state index contributed by atoms with van der Waals surface area (Å²) in [5.41, 5.74) is 1.35. The Kier molecular flexibility index (Phi) is 5.93. The molecule has 6 nitrogen and oxygen atoms in total. The minimum Gasteiger partial charge on any atom is -0.268 e. The lowest BCUT2D eigenvalue weighted by Gasteiger charge is -2.12. The first-order valence-corrected chi connectivity index (χ1v) is 9.38. The number of nitro groups is 1. The Bertz CT molecular complexity index is 931. The van der Waals surface area contributed by atoms with Gasteiger partial charge >= 0.3 is 0 Å². The van der Waals surface area contributed by atoms with Gasteiger partial charge in [-0.05, 0) is 47.9 Å². The lowest BCUT2D eigenvalue weighted by molar-refractivity contribution is -0.384. The molecule has 1 aliphatic rings. The predicted octanol–water partition coefficient (Wildman–Crippen LogP) is 4.92. The summed E-state index contributed by atoms with van der Waals surface area (Å²) < 4.78 is 0. The van der Waals surface area contributed by atoms with Gasteiger partial charge in [0.25, 0.3) is 16.8 Å². The van der Waals surface area contributed by atoms with Crippen molar-refractivity contribution in [3.05, 3.63) is 79.7 Å². The van der Waals surface area contributed by atoms with Crippen LogP contribution in [0.5, 0.6) is 0 Å². The fourth-order valence-electron chi connectivity index (χ4n) is 2.69. The molecule has 138 valence electrons. The first-order chi connectivity index (χ1) is 13.0. The number of nitrogens with zero attached hydrogens (tertiary/aromatic N) is 2. The molecule has 0 spiro atoms. The Morgan fingerprint density at radius 3 is 2.59 bits per heavy atom. The number of aryl methyl sites for hydroxylation is 1. The standard InChI is InChI=1S/C19H15ClN2O4S/c20-15-9-8-14(11-16(15)22(25)26)12-17-18(23)21(19(24)27-17)10-4-7-13-5-2-1-3-6-13/h1-3,5-6,8-9,11-12H,4,7,10H2/b17-12+. The Labute approximate surface area is 165 Å². The maximum absolute atomic E-state index is 12.5. The van der Waals surface area contributed by atoms with E-state index in [4.69, 9.17) is 11.6 Å². The van der Waals surface area contributed by atoms with Crippen LogP contribution in [-0.4, -0.2) is 27.5 Å². The van der Waals surface area contributed by atoms with Gasteiger partial charge in [-0.1, -0.05) is 48.0 Å². The second-order valence-electron chi connectivity index (χ2n) is 5.89. The molecular formula is C19H15ClN2O4S. The van der Waals surface area contributed by atoms with Crippen LogP contribution < -0.4 is 0 Å². The maximum Gasteiger partial charge on any atom is 0.293 e. The third-order valence-electron chi connectivity index (χ3n) is 4.03. The smallest absolute Gasteiger partial charge is 0.268 e. The van der Waals surface area contributed by atoms with Gasteiger partial charge in [-0.25, -0.2) is 0 Å². The van der Waals surface area contributed by atoms with E-state index in [-0.39, 0.29) is 26.8 Å². The van der Waals surface area contributed by atoms with E-state index in [0.717, 1.165) is 23.7 Å². The summed E-state index contributed by atoms with van der Waals surface area (Å²) in [6.07, 6.45) is 2.91. The zero-order chi connectivity index (χ0) is 19.4. The number of amides is 2. The molecule has 0 aliphatic carbocycles. The van der Waals surface area contributed by atoms with E-state index in [9.17, 15) is 19.7 Å².